The van der Waals surface area contributed by atoms with Crippen LogP contribution in [0.3, 0.4) is 0 Å². The number of benzene rings is 1. The molecule has 5 amide bonds. The van der Waals surface area contributed by atoms with Gasteiger partial charge in [0.1, 0.15) is 6.04 Å². The van der Waals surface area contributed by atoms with Gasteiger partial charge >= 0.3 is 12.0 Å². The van der Waals surface area contributed by atoms with Gasteiger partial charge in [0.25, 0.3) is 17.7 Å². The molecule has 9 nitrogen and oxygen atoms in total. The Morgan fingerprint density at radius 3 is 2.17 bits per heavy atom. The lowest BCUT2D eigenvalue weighted by atomic mass is 9.97. The average molecular weight is 401 g/mol. The maximum absolute atomic E-state index is 12.9. The molecule has 1 fully saturated rings. The Balaban J connectivity index is 1.81. The summed E-state index contributed by atoms with van der Waals surface area (Å²) in [5, 5.41) is 2.50. The largest absolute Gasteiger partial charge is 0.451 e. The van der Waals surface area contributed by atoms with Crippen LogP contribution in [0.15, 0.2) is 24.3 Å². The fourth-order valence-corrected chi connectivity index (χ4v) is 3.47. The first-order chi connectivity index (χ1) is 13.8. The van der Waals surface area contributed by atoms with Gasteiger partial charge in [-0.2, -0.15) is 0 Å². The number of amides is 5. The molecule has 29 heavy (non-hydrogen) atoms. The Labute approximate surface area is 168 Å². The van der Waals surface area contributed by atoms with Crippen LogP contribution in [0.25, 0.3) is 0 Å². The standard InChI is InChI=1S/C20H23N3O6/c1-4-11(2)15(23-17(25)13-7-5-6-8-14(13)18(23)26)19(27)29-12(3)16(24)22-10-9-21-20(22)28/h5-8,11-12,15H,4,9-10H2,1-3H3,(H,21,28)/t11-,12+,15-/m0/s1. The van der Waals surface area contributed by atoms with Crippen LogP contribution < -0.4 is 5.32 Å². The van der Waals surface area contributed by atoms with Gasteiger partial charge in [0, 0.05) is 13.1 Å². The van der Waals surface area contributed by atoms with Gasteiger partial charge in [-0.25, -0.2) is 9.59 Å². The zero-order chi connectivity index (χ0) is 21.3. The third-order valence-corrected chi connectivity index (χ3v) is 5.29. The summed E-state index contributed by atoms with van der Waals surface area (Å²) in [5.74, 6) is -3.02. The van der Waals surface area contributed by atoms with Gasteiger partial charge in [0.15, 0.2) is 6.10 Å². The van der Waals surface area contributed by atoms with Crippen LogP contribution in [0, 0.1) is 5.92 Å². The third-order valence-electron chi connectivity index (χ3n) is 5.29. The molecule has 3 rings (SSSR count). The Morgan fingerprint density at radius 1 is 1.10 bits per heavy atom. The highest BCUT2D eigenvalue weighted by molar-refractivity contribution is 6.22. The summed E-state index contributed by atoms with van der Waals surface area (Å²) in [5.41, 5.74) is 0.466. The summed E-state index contributed by atoms with van der Waals surface area (Å²) >= 11 is 0. The molecule has 0 unspecified atom stereocenters. The van der Waals surface area contributed by atoms with Gasteiger partial charge in [-0.15, -0.1) is 0 Å². The summed E-state index contributed by atoms with van der Waals surface area (Å²) in [7, 11) is 0. The molecule has 1 aromatic rings. The van der Waals surface area contributed by atoms with E-state index >= 15 is 0 Å². The second-order valence-electron chi connectivity index (χ2n) is 7.16. The molecule has 0 aromatic heterocycles. The fraction of sp³-hybridized carbons (Fsp3) is 0.450. The number of hydrogen-bond donors (Lipinski definition) is 1. The van der Waals surface area contributed by atoms with E-state index in [0.717, 1.165) is 9.80 Å². The minimum atomic E-state index is -1.23. The summed E-state index contributed by atoms with van der Waals surface area (Å²) in [6.07, 6.45) is -0.725. The number of hydrogen-bond acceptors (Lipinski definition) is 6. The van der Waals surface area contributed by atoms with Crippen molar-refractivity contribution in [3.05, 3.63) is 35.4 Å². The zero-order valence-electron chi connectivity index (χ0n) is 16.5. The molecule has 3 atom stereocenters. The second kappa shape index (κ2) is 8.02. The van der Waals surface area contributed by atoms with Crippen molar-refractivity contribution in [2.24, 2.45) is 5.92 Å². The van der Waals surface area contributed by atoms with Crippen LogP contribution in [-0.4, -0.2) is 64.8 Å². The molecule has 1 N–H and O–H groups in total. The van der Waals surface area contributed by atoms with E-state index in [1.807, 2.05) is 6.92 Å². The van der Waals surface area contributed by atoms with E-state index in [0.29, 0.717) is 13.0 Å². The molecule has 2 heterocycles. The number of carbonyl (C=O) groups excluding carboxylic acids is 5. The Kier molecular flexibility index (Phi) is 5.67. The first-order valence-corrected chi connectivity index (χ1v) is 9.54. The molecule has 9 heteroatoms. The van der Waals surface area contributed by atoms with Crippen molar-refractivity contribution in [1.29, 1.82) is 0 Å². The van der Waals surface area contributed by atoms with E-state index in [4.69, 9.17) is 4.74 Å². The van der Waals surface area contributed by atoms with Crippen molar-refractivity contribution in [3.63, 3.8) is 0 Å². The van der Waals surface area contributed by atoms with E-state index in [1.165, 1.54) is 19.1 Å². The number of fused-ring (bicyclic) bond motifs is 1. The number of nitrogens with one attached hydrogen (secondary N) is 1. The van der Waals surface area contributed by atoms with Crippen molar-refractivity contribution in [1.82, 2.24) is 15.1 Å². The summed E-state index contributed by atoms with van der Waals surface area (Å²) in [6, 6.07) is 4.64. The minimum Gasteiger partial charge on any atom is -0.451 e. The molecule has 0 bridgehead atoms. The quantitative estimate of drug-likeness (QED) is 0.566. The third kappa shape index (κ3) is 3.59. The number of carbonyl (C=O) groups is 5. The maximum atomic E-state index is 12.9. The summed E-state index contributed by atoms with van der Waals surface area (Å²) < 4.78 is 5.31. The van der Waals surface area contributed by atoms with Gasteiger partial charge in [-0.05, 0) is 25.0 Å². The number of urea groups is 1. The normalized spacial score (nSPS) is 18.9. The van der Waals surface area contributed by atoms with Gasteiger partial charge in [0.2, 0.25) is 0 Å². The predicted octanol–water partition coefficient (Wildman–Crippen LogP) is 1.18. The van der Waals surface area contributed by atoms with Gasteiger partial charge in [-0.3, -0.25) is 24.2 Å². The molecule has 2 aliphatic heterocycles. The van der Waals surface area contributed by atoms with E-state index in [9.17, 15) is 24.0 Å². The van der Waals surface area contributed by atoms with E-state index in [2.05, 4.69) is 5.32 Å². The smallest absolute Gasteiger partial charge is 0.330 e. The van der Waals surface area contributed by atoms with Crippen molar-refractivity contribution >= 4 is 29.7 Å². The minimum absolute atomic E-state index is 0.187. The summed E-state index contributed by atoms with van der Waals surface area (Å²) in [6.45, 7) is 5.44. The van der Waals surface area contributed by atoms with E-state index in [-0.39, 0.29) is 23.6 Å². The van der Waals surface area contributed by atoms with Crippen LogP contribution >= 0.6 is 0 Å². The van der Waals surface area contributed by atoms with Gasteiger partial charge < -0.3 is 10.1 Å². The predicted molar refractivity (Wildman–Crippen MR) is 101 cm³/mol. The van der Waals surface area contributed by atoms with Crippen LogP contribution in [0.2, 0.25) is 0 Å². The van der Waals surface area contributed by atoms with Gasteiger partial charge in [-0.1, -0.05) is 32.4 Å². The number of rotatable bonds is 6. The lowest BCUT2D eigenvalue weighted by Gasteiger charge is -2.30. The number of ether oxygens (including phenoxy) is 1. The average Bonchev–Trinajstić information content (AvgIpc) is 3.24. The van der Waals surface area contributed by atoms with Gasteiger partial charge in [0.05, 0.1) is 11.1 Å². The van der Waals surface area contributed by atoms with Crippen LogP contribution in [-0.2, 0) is 14.3 Å². The van der Waals surface area contributed by atoms with Crippen molar-refractivity contribution < 1.29 is 28.7 Å². The number of esters is 1. The van der Waals surface area contributed by atoms with E-state index < -0.39 is 41.9 Å². The van der Waals surface area contributed by atoms with Crippen LogP contribution in [0.4, 0.5) is 4.79 Å². The molecule has 0 saturated carbocycles. The highest BCUT2D eigenvalue weighted by Gasteiger charge is 2.46. The van der Waals surface area contributed by atoms with Crippen molar-refractivity contribution in [2.45, 2.75) is 39.3 Å². The Morgan fingerprint density at radius 2 is 1.69 bits per heavy atom. The lowest BCUT2D eigenvalue weighted by Crippen LogP contribution is -2.51. The van der Waals surface area contributed by atoms with Crippen molar-refractivity contribution in [2.75, 3.05) is 13.1 Å². The Bertz CT molecular complexity index is 848. The van der Waals surface area contributed by atoms with E-state index in [1.54, 1.807) is 19.1 Å². The molecule has 154 valence electrons. The zero-order valence-corrected chi connectivity index (χ0v) is 16.5. The number of imide groups is 2. The molecule has 1 saturated heterocycles. The fourth-order valence-electron chi connectivity index (χ4n) is 3.47. The molecular formula is C20H23N3O6. The molecule has 0 aliphatic carbocycles. The topological polar surface area (TPSA) is 113 Å². The molecule has 0 radical (unpaired) electrons. The second-order valence-corrected chi connectivity index (χ2v) is 7.16. The highest BCUT2D eigenvalue weighted by atomic mass is 16.5. The molecule has 0 spiro atoms. The summed E-state index contributed by atoms with van der Waals surface area (Å²) in [4.78, 5) is 64.6. The molecule has 2 aliphatic rings. The molecule has 1 aromatic carbocycles. The first-order valence-electron chi connectivity index (χ1n) is 9.54. The lowest BCUT2D eigenvalue weighted by molar-refractivity contribution is -0.162. The Hall–Kier alpha value is -3.23. The highest BCUT2D eigenvalue weighted by Crippen LogP contribution is 2.29. The maximum Gasteiger partial charge on any atom is 0.330 e. The number of nitrogens with zero attached hydrogens (tertiary/aromatic N) is 2. The monoisotopic (exact) mass is 401 g/mol. The van der Waals surface area contributed by atoms with Crippen molar-refractivity contribution in [3.8, 4) is 0 Å². The first kappa shape index (κ1) is 20.5. The SMILES string of the molecule is CC[C@H](C)[C@@H](C(=O)O[C@H](C)C(=O)N1CCNC1=O)N1C(=O)c2ccccc2C1=O. The molecular weight excluding hydrogens is 378 g/mol. The van der Waals surface area contributed by atoms with Crippen LogP contribution in [0.5, 0.6) is 0 Å². The van der Waals surface area contributed by atoms with Crippen LogP contribution in [0.1, 0.15) is 47.9 Å².